The van der Waals surface area contributed by atoms with Gasteiger partial charge in [-0.1, -0.05) is 6.42 Å². The van der Waals surface area contributed by atoms with Gasteiger partial charge in [-0.25, -0.2) is 14.8 Å². The number of carbonyl (C=O) groups is 1. The monoisotopic (exact) mass is 490 g/mol. The number of amides is 1. The van der Waals surface area contributed by atoms with Crippen LogP contribution in [0.4, 0.5) is 22.1 Å². The summed E-state index contributed by atoms with van der Waals surface area (Å²) in [6.07, 6.45) is 9.58. The molecule has 3 aromatic heterocycles. The second-order valence-electron chi connectivity index (χ2n) is 11.3. The topological polar surface area (TPSA) is 112 Å². The van der Waals surface area contributed by atoms with E-state index < -0.39 is 5.60 Å². The molecule has 3 aromatic rings. The molecule has 6 rings (SSSR count). The molecule has 0 radical (unpaired) electrons. The van der Waals surface area contributed by atoms with Crippen molar-refractivity contribution >= 4 is 34.6 Å². The minimum absolute atomic E-state index is 0.0389. The Bertz CT molecular complexity index is 1280. The molecule has 2 atom stereocenters. The van der Waals surface area contributed by atoms with E-state index in [1.54, 1.807) is 0 Å². The summed E-state index contributed by atoms with van der Waals surface area (Å²) in [5, 5.41) is 10.9. The van der Waals surface area contributed by atoms with Crippen molar-refractivity contribution in [2.75, 3.05) is 29.4 Å². The number of fused-ring (bicyclic) bond motifs is 2. The molecule has 2 aliphatic heterocycles. The molecule has 0 unspecified atom stereocenters. The summed E-state index contributed by atoms with van der Waals surface area (Å²) in [5.74, 6) is 1.64. The average Bonchev–Trinajstić information content (AvgIpc) is 3.57. The van der Waals surface area contributed by atoms with Gasteiger partial charge in [0, 0.05) is 37.3 Å². The van der Waals surface area contributed by atoms with E-state index in [4.69, 9.17) is 14.7 Å². The molecule has 0 bridgehead atoms. The molecule has 1 saturated carbocycles. The maximum atomic E-state index is 12.5. The summed E-state index contributed by atoms with van der Waals surface area (Å²) < 4.78 is 5.53. The zero-order valence-corrected chi connectivity index (χ0v) is 21.3. The van der Waals surface area contributed by atoms with Gasteiger partial charge in [-0.05, 0) is 65.0 Å². The molecule has 3 aliphatic rings. The fourth-order valence-corrected chi connectivity index (χ4v) is 6.13. The second kappa shape index (κ2) is 8.60. The zero-order valence-electron chi connectivity index (χ0n) is 21.3. The highest BCUT2D eigenvalue weighted by Gasteiger charge is 2.48. The molecule has 2 N–H and O–H groups in total. The van der Waals surface area contributed by atoms with Crippen molar-refractivity contribution in [3.63, 3.8) is 0 Å². The largest absolute Gasteiger partial charge is 0.444 e. The third kappa shape index (κ3) is 4.12. The fraction of sp³-hybridized carbons (Fsp3) is 0.577. The standard InChI is InChI=1S/C26H34N8O2/c1-25(2,3)36-24(35)29-19-9-4-10-26(19)11-14-33(16-26)20-15-28-21-22(30-20)31-32-23(21)34-13-6-7-17-18(34)8-5-12-27-17/h5,8,12,15,19H,4,6-7,9-11,13-14,16H2,1-3H3,(H,29,35)(H,30,31,32)/t19-,26-/m1/s1. The maximum absolute atomic E-state index is 12.5. The highest BCUT2D eigenvalue weighted by molar-refractivity contribution is 5.87. The quantitative estimate of drug-likeness (QED) is 0.564. The van der Waals surface area contributed by atoms with Crippen LogP contribution in [-0.2, 0) is 11.2 Å². The molecule has 2 fully saturated rings. The zero-order chi connectivity index (χ0) is 24.9. The van der Waals surface area contributed by atoms with Crippen LogP contribution in [0.2, 0.25) is 0 Å². The van der Waals surface area contributed by atoms with Crippen molar-refractivity contribution in [2.45, 2.75) is 70.9 Å². The van der Waals surface area contributed by atoms with Crippen molar-refractivity contribution in [2.24, 2.45) is 5.41 Å². The lowest BCUT2D eigenvalue weighted by atomic mass is 9.81. The lowest BCUT2D eigenvalue weighted by molar-refractivity contribution is 0.0467. The molecule has 1 spiro atoms. The maximum Gasteiger partial charge on any atom is 0.407 e. The third-order valence-corrected chi connectivity index (χ3v) is 7.75. The molecule has 0 aromatic carbocycles. The van der Waals surface area contributed by atoms with Crippen LogP contribution >= 0.6 is 0 Å². The Labute approximate surface area is 210 Å². The normalized spacial score (nSPS) is 23.9. The number of aryl methyl sites for hydroxylation is 1. The van der Waals surface area contributed by atoms with E-state index >= 15 is 0 Å². The van der Waals surface area contributed by atoms with Crippen LogP contribution in [0.3, 0.4) is 0 Å². The van der Waals surface area contributed by atoms with Crippen LogP contribution < -0.4 is 15.1 Å². The number of hydrogen-bond acceptors (Lipinski definition) is 8. The van der Waals surface area contributed by atoms with Crippen LogP contribution in [0.25, 0.3) is 11.2 Å². The molecule has 10 heteroatoms. The van der Waals surface area contributed by atoms with Crippen molar-refractivity contribution in [3.8, 4) is 0 Å². The third-order valence-electron chi connectivity index (χ3n) is 7.75. The number of ether oxygens (including phenoxy) is 1. The number of aromatic amines is 1. The van der Waals surface area contributed by atoms with E-state index in [1.165, 1.54) is 0 Å². The molecule has 1 amide bonds. The number of anilines is 3. The molecule has 1 aliphatic carbocycles. The Morgan fingerprint density at radius 2 is 2.11 bits per heavy atom. The Balaban J connectivity index is 1.20. The number of rotatable bonds is 3. The molecule has 36 heavy (non-hydrogen) atoms. The van der Waals surface area contributed by atoms with E-state index in [-0.39, 0.29) is 17.6 Å². The van der Waals surface area contributed by atoms with E-state index in [2.05, 4.69) is 36.4 Å². The Morgan fingerprint density at radius 3 is 2.97 bits per heavy atom. The van der Waals surface area contributed by atoms with Crippen LogP contribution in [0.15, 0.2) is 24.5 Å². The van der Waals surface area contributed by atoms with Gasteiger partial charge in [0.15, 0.2) is 17.0 Å². The minimum atomic E-state index is -0.502. The summed E-state index contributed by atoms with van der Waals surface area (Å²) in [4.78, 5) is 31.2. The molecule has 1 saturated heterocycles. The second-order valence-corrected chi connectivity index (χ2v) is 11.3. The molecule has 190 valence electrons. The first-order valence-electron chi connectivity index (χ1n) is 13.0. The number of nitrogens with zero attached hydrogens (tertiary/aromatic N) is 6. The minimum Gasteiger partial charge on any atom is -0.444 e. The van der Waals surface area contributed by atoms with Crippen molar-refractivity contribution < 1.29 is 9.53 Å². The number of aromatic nitrogens is 5. The number of hydrogen-bond donors (Lipinski definition) is 2. The highest BCUT2D eigenvalue weighted by Crippen LogP contribution is 2.46. The van der Waals surface area contributed by atoms with Crippen LogP contribution in [0, 0.1) is 5.41 Å². The molecule has 5 heterocycles. The lowest BCUT2D eigenvalue weighted by Gasteiger charge is -2.32. The fourth-order valence-electron chi connectivity index (χ4n) is 6.13. The average molecular weight is 491 g/mol. The van der Waals surface area contributed by atoms with E-state index in [1.807, 2.05) is 39.2 Å². The van der Waals surface area contributed by atoms with Gasteiger partial charge in [-0.15, -0.1) is 0 Å². The summed E-state index contributed by atoms with van der Waals surface area (Å²) >= 11 is 0. The Hall–Kier alpha value is -3.43. The SMILES string of the molecule is CC(C)(C)OC(=O)N[C@@H]1CCC[C@]12CCN(c1cnc3c(N4CCCc5ncccc54)n[nH]c3n1)C2. The van der Waals surface area contributed by atoms with Crippen LogP contribution in [0.1, 0.15) is 58.6 Å². The number of alkyl carbamates (subject to hydrolysis) is 1. The molecular formula is C26H34N8O2. The van der Waals surface area contributed by atoms with E-state index in [0.29, 0.717) is 5.65 Å². The van der Waals surface area contributed by atoms with Crippen LogP contribution in [0.5, 0.6) is 0 Å². The van der Waals surface area contributed by atoms with Gasteiger partial charge in [0.1, 0.15) is 11.4 Å². The Kier molecular flexibility index (Phi) is 5.49. The van der Waals surface area contributed by atoms with Gasteiger partial charge in [0.05, 0.1) is 17.6 Å². The van der Waals surface area contributed by atoms with Gasteiger partial charge >= 0.3 is 6.09 Å². The first-order chi connectivity index (χ1) is 17.3. The van der Waals surface area contributed by atoms with Crippen molar-refractivity contribution in [1.82, 2.24) is 30.5 Å². The van der Waals surface area contributed by atoms with Gasteiger partial charge in [0.2, 0.25) is 0 Å². The number of pyridine rings is 1. The first-order valence-corrected chi connectivity index (χ1v) is 13.0. The summed E-state index contributed by atoms with van der Waals surface area (Å²) in [7, 11) is 0. The first kappa shape index (κ1) is 23.0. The van der Waals surface area contributed by atoms with Crippen molar-refractivity contribution in [1.29, 1.82) is 0 Å². The predicted molar refractivity (Wildman–Crippen MR) is 138 cm³/mol. The molecule has 10 nitrogen and oxygen atoms in total. The molecular weight excluding hydrogens is 456 g/mol. The van der Waals surface area contributed by atoms with Gasteiger partial charge < -0.3 is 19.9 Å². The highest BCUT2D eigenvalue weighted by atomic mass is 16.6. The summed E-state index contributed by atoms with van der Waals surface area (Å²) in [6, 6.07) is 4.17. The lowest BCUT2D eigenvalue weighted by Crippen LogP contribution is -2.47. The van der Waals surface area contributed by atoms with Crippen LogP contribution in [-0.4, -0.2) is 62.5 Å². The number of nitrogens with one attached hydrogen (secondary N) is 2. The number of H-pyrrole nitrogens is 1. The summed E-state index contributed by atoms with van der Waals surface area (Å²) in [6.45, 7) is 8.29. The summed E-state index contributed by atoms with van der Waals surface area (Å²) in [5.41, 5.74) is 3.19. The van der Waals surface area contributed by atoms with Crippen molar-refractivity contribution in [3.05, 3.63) is 30.2 Å². The van der Waals surface area contributed by atoms with Gasteiger partial charge in [0.25, 0.3) is 0 Å². The smallest absolute Gasteiger partial charge is 0.407 e. The number of carbonyl (C=O) groups excluding carboxylic acids is 1. The van der Waals surface area contributed by atoms with E-state index in [0.717, 1.165) is 86.7 Å². The van der Waals surface area contributed by atoms with Gasteiger partial charge in [-0.3, -0.25) is 10.1 Å². The van der Waals surface area contributed by atoms with E-state index in [9.17, 15) is 4.79 Å². The van der Waals surface area contributed by atoms with Gasteiger partial charge in [-0.2, -0.15) is 5.10 Å². The Morgan fingerprint density at radius 1 is 1.22 bits per heavy atom. The predicted octanol–water partition coefficient (Wildman–Crippen LogP) is 4.11.